The lowest BCUT2D eigenvalue weighted by molar-refractivity contribution is -0.192. The van der Waals surface area contributed by atoms with Gasteiger partial charge in [0.2, 0.25) is 0 Å². The number of rotatable bonds is 4. The minimum atomic E-state index is -5.08. The highest BCUT2D eigenvalue weighted by molar-refractivity contribution is 6.32. The molecule has 0 heterocycles. The predicted molar refractivity (Wildman–Crippen MR) is 71.0 cm³/mol. The molecule has 0 aliphatic carbocycles. The number of esters is 1. The summed E-state index contributed by atoms with van der Waals surface area (Å²) in [7, 11) is 0. The molecule has 0 saturated carbocycles. The lowest BCUT2D eigenvalue weighted by Crippen LogP contribution is -2.21. The van der Waals surface area contributed by atoms with Crippen LogP contribution < -0.4 is 15.2 Å². The first kappa shape index (κ1) is 20.0. The number of carbonyl (C=O) groups excluding carboxylic acids is 1. The first-order valence-electron chi connectivity index (χ1n) is 5.69. The van der Waals surface area contributed by atoms with Crippen molar-refractivity contribution in [2.75, 3.05) is 13.2 Å². The standard InChI is InChI=1S/C10H12ClNO3.C2HF3O2/c1-7(13)15-8-2-3-10(9(11)6-8)14-5-4-12;3-2(4,5)1(6)7/h2-3,6H,4-5,12H2,1H3;(H,6,7). The van der Waals surface area contributed by atoms with Crippen LogP contribution in [-0.4, -0.2) is 36.4 Å². The molecule has 1 rings (SSSR count). The Labute approximate surface area is 128 Å². The Morgan fingerprint density at radius 2 is 1.91 bits per heavy atom. The third-order valence-corrected chi connectivity index (χ3v) is 2.08. The van der Waals surface area contributed by atoms with Gasteiger partial charge < -0.3 is 20.3 Å². The van der Waals surface area contributed by atoms with E-state index >= 15 is 0 Å². The smallest absolute Gasteiger partial charge is 0.490 e. The van der Waals surface area contributed by atoms with Crippen LogP contribution in [0.15, 0.2) is 18.2 Å². The molecule has 0 unspecified atom stereocenters. The van der Waals surface area contributed by atoms with Crippen LogP contribution in [0, 0.1) is 0 Å². The van der Waals surface area contributed by atoms with Gasteiger partial charge in [0.1, 0.15) is 18.1 Å². The summed E-state index contributed by atoms with van der Waals surface area (Å²) in [6.45, 7) is 2.14. The minimum Gasteiger partial charge on any atom is -0.491 e. The molecule has 22 heavy (non-hydrogen) atoms. The second-order valence-corrected chi connectivity index (χ2v) is 4.03. The van der Waals surface area contributed by atoms with Crippen LogP contribution in [0.5, 0.6) is 11.5 Å². The van der Waals surface area contributed by atoms with Crippen molar-refractivity contribution >= 4 is 23.5 Å². The van der Waals surface area contributed by atoms with Crippen molar-refractivity contribution in [1.82, 2.24) is 0 Å². The van der Waals surface area contributed by atoms with Gasteiger partial charge in [0.15, 0.2) is 0 Å². The highest BCUT2D eigenvalue weighted by atomic mass is 35.5. The maximum atomic E-state index is 10.7. The summed E-state index contributed by atoms with van der Waals surface area (Å²) in [5.41, 5.74) is 5.28. The van der Waals surface area contributed by atoms with Crippen LogP contribution in [-0.2, 0) is 9.59 Å². The topological polar surface area (TPSA) is 98.9 Å². The lowest BCUT2D eigenvalue weighted by Gasteiger charge is -2.08. The third-order valence-electron chi connectivity index (χ3n) is 1.78. The van der Waals surface area contributed by atoms with Crippen molar-refractivity contribution in [3.8, 4) is 11.5 Å². The van der Waals surface area contributed by atoms with Crippen molar-refractivity contribution in [3.63, 3.8) is 0 Å². The molecule has 0 bridgehead atoms. The maximum absolute atomic E-state index is 10.7. The molecule has 3 N–H and O–H groups in total. The van der Waals surface area contributed by atoms with E-state index in [1.54, 1.807) is 12.1 Å². The number of aliphatic carboxylic acids is 1. The minimum absolute atomic E-state index is 0.387. The number of benzene rings is 1. The average molecular weight is 344 g/mol. The Balaban J connectivity index is 0.000000534. The normalized spacial score (nSPS) is 10.3. The fraction of sp³-hybridized carbons (Fsp3) is 0.333. The molecule has 124 valence electrons. The number of alkyl halides is 3. The van der Waals surface area contributed by atoms with Gasteiger partial charge in [0.05, 0.1) is 5.02 Å². The molecule has 0 spiro atoms. The van der Waals surface area contributed by atoms with Crippen LogP contribution in [0.2, 0.25) is 5.02 Å². The number of carbonyl (C=O) groups is 2. The van der Waals surface area contributed by atoms with Gasteiger partial charge in [0.25, 0.3) is 0 Å². The summed E-state index contributed by atoms with van der Waals surface area (Å²) >= 11 is 5.89. The molecule has 10 heteroatoms. The SMILES string of the molecule is CC(=O)Oc1ccc(OCCN)c(Cl)c1.O=C(O)C(F)(F)F. The quantitative estimate of drug-likeness (QED) is 0.642. The number of nitrogens with two attached hydrogens (primary N) is 1. The predicted octanol–water partition coefficient (Wildman–Crippen LogP) is 2.24. The molecule has 0 aliphatic heterocycles. The van der Waals surface area contributed by atoms with E-state index < -0.39 is 12.1 Å². The van der Waals surface area contributed by atoms with Gasteiger partial charge in [-0.1, -0.05) is 11.6 Å². The maximum Gasteiger partial charge on any atom is 0.490 e. The van der Waals surface area contributed by atoms with Gasteiger partial charge in [-0.2, -0.15) is 13.2 Å². The molecular weight excluding hydrogens is 331 g/mol. The third kappa shape index (κ3) is 8.32. The van der Waals surface area contributed by atoms with Crippen LogP contribution in [0.1, 0.15) is 6.92 Å². The van der Waals surface area contributed by atoms with Gasteiger partial charge in [-0.25, -0.2) is 4.79 Å². The van der Waals surface area contributed by atoms with E-state index in [9.17, 15) is 18.0 Å². The van der Waals surface area contributed by atoms with Crippen molar-refractivity contribution in [2.45, 2.75) is 13.1 Å². The molecule has 0 saturated heterocycles. The highest BCUT2D eigenvalue weighted by Gasteiger charge is 2.38. The Morgan fingerprint density at radius 1 is 1.36 bits per heavy atom. The zero-order valence-corrected chi connectivity index (χ0v) is 12.1. The van der Waals surface area contributed by atoms with Crippen molar-refractivity contribution in [2.24, 2.45) is 5.73 Å². The van der Waals surface area contributed by atoms with E-state index in [1.807, 2.05) is 0 Å². The Kier molecular flexibility index (Phi) is 8.28. The van der Waals surface area contributed by atoms with Gasteiger partial charge in [-0.05, 0) is 12.1 Å². The van der Waals surface area contributed by atoms with Crippen LogP contribution >= 0.6 is 11.6 Å². The summed E-state index contributed by atoms with van der Waals surface area (Å²) in [4.78, 5) is 19.6. The van der Waals surface area contributed by atoms with E-state index in [-0.39, 0.29) is 5.97 Å². The second kappa shape index (κ2) is 9.11. The van der Waals surface area contributed by atoms with Gasteiger partial charge in [-0.15, -0.1) is 0 Å². The number of ether oxygens (including phenoxy) is 2. The van der Waals surface area contributed by atoms with Crippen molar-refractivity contribution < 1.29 is 37.3 Å². The van der Waals surface area contributed by atoms with Crippen LogP contribution in [0.25, 0.3) is 0 Å². The molecule has 0 aromatic heterocycles. The molecule has 0 atom stereocenters. The first-order valence-corrected chi connectivity index (χ1v) is 6.06. The monoisotopic (exact) mass is 343 g/mol. The summed E-state index contributed by atoms with van der Waals surface area (Å²) in [6, 6.07) is 4.77. The zero-order chi connectivity index (χ0) is 17.3. The molecule has 0 aliphatic rings. The van der Waals surface area contributed by atoms with Crippen LogP contribution in [0.4, 0.5) is 13.2 Å². The van der Waals surface area contributed by atoms with Crippen molar-refractivity contribution in [3.05, 3.63) is 23.2 Å². The zero-order valence-electron chi connectivity index (χ0n) is 11.3. The van der Waals surface area contributed by atoms with Gasteiger partial charge >= 0.3 is 18.1 Å². The molecular formula is C12H13ClF3NO5. The molecule has 1 aromatic rings. The van der Waals surface area contributed by atoms with E-state index in [1.165, 1.54) is 13.0 Å². The fourth-order valence-corrected chi connectivity index (χ4v) is 1.22. The van der Waals surface area contributed by atoms with Crippen molar-refractivity contribution in [1.29, 1.82) is 0 Å². The van der Waals surface area contributed by atoms with E-state index in [4.69, 9.17) is 36.7 Å². The molecule has 0 radical (unpaired) electrons. The number of hydrogen-bond acceptors (Lipinski definition) is 5. The van der Waals surface area contributed by atoms with Crippen LogP contribution in [0.3, 0.4) is 0 Å². The largest absolute Gasteiger partial charge is 0.491 e. The number of carboxylic acids is 1. The second-order valence-electron chi connectivity index (χ2n) is 3.63. The molecule has 0 fully saturated rings. The number of hydrogen-bond donors (Lipinski definition) is 2. The van der Waals surface area contributed by atoms with Gasteiger partial charge in [0, 0.05) is 19.5 Å². The summed E-state index contributed by atoms with van der Waals surface area (Å²) in [5.74, 6) is -2.22. The Hall–Kier alpha value is -2.00. The average Bonchev–Trinajstić information content (AvgIpc) is 2.36. The van der Waals surface area contributed by atoms with E-state index in [0.29, 0.717) is 29.7 Å². The molecule has 0 amide bonds. The molecule has 6 nitrogen and oxygen atoms in total. The molecule has 1 aromatic carbocycles. The Morgan fingerprint density at radius 3 is 2.27 bits per heavy atom. The fourth-order valence-electron chi connectivity index (χ4n) is 0.997. The summed E-state index contributed by atoms with van der Waals surface area (Å²) in [6.07, 6.45) is -5.08. The Bertz CT molecular complexity index is 522. The number of halogens is 4. The number of carboxylic acid groups (broad SMARTS) is 1. The van der Waals surface area contributed by atoms with Gasteiger partial charge in [-0.3, -0.25) is 4.79 Å². The summed E-state index contributed by atoms with van der Waals surface area (Å²) < 4.78 is 41.8. The first-order chi connectivity index (χ1) is 10.1. The lowest BCUT2D eigenvalue weighted by atomic mass is 10.3. The van der Waals surface area contributed by atoms with E-state index in [2.05, 4.69) is 0 Å². The summed E-state index contributed by atoms with van der Waals surface area (Å²) in [5, 5.41) is 7.52. The van der Waals surface area contributed by atoms with E-state index in [0.717, 1.165) is 0 Å². The highest BCUT2D eigenvalue weighted by Crippen LogP contribution is 2.28.